The standard InChI is InChI=1S/C52H53F2N5O9/c53-47-34(27-55-28-44(61)40-16-18-43(60)49-41(40)17-19-45(62)58-49)14-15-42(48(47)54)50(64)57-38-25-37(26-38)56-46(63)31-67-39-13-7-12-36(24-39)52(66,35-10-5-2-6-11-35)51(65)68-30-33-20-22-59(23-21-33)29-32-8-3-1-4-9-32/h1-19,24,33,37-38,44,55,60-61,66H,20-23,25-31H2,(H,56,63)(H,57,64)(H,58,62)/t37?,38?,44-,52-/m0/s1. The van der Waals surface area contributed by atoms with Crippen LogP contribution in [0.1, 0.15) is 70.0 Å². The largest absolute Gasteiger partial charge is 0.506 e. The SMILES string of the molecule is O=C(COc1cccc([C@](O)(C(=O)OCC2CCN(Cc3ccccc3)CC2)c2ccccc2)c1)NC1CC(NC(=O)c2ccc(CNC[C@H](O)c3ccc(O)c4[nH]c(=O)ccc34)c(F)c2F)C1. The number of hydrogen-bond donors (Lipinski definition) is 7. The number of aliphatic hydroxyl groups excluding tert-OH is 1. The topological polar surface area (TPSA) is 203 Å². The molecule has 2 fully saturated rings. The summed E-state index contributed by atoms with van der Waals surface area (Å²) in [6.07, 6.45) is 1.27. The van der Waals surface area contributed by atoms with Gasteiger partial charge in [0.1, 0.15) is 11.5 Å². The highest BCUT2D eigenvalue weighted by Crippen LogP contribution is 2.34. The molecule has 0 spiro atoms. The van der Waals surface area contributed by atoms with Crippen molar-refractivity contribution >= 4 is 28.7 Å². The molecule has 6 aromatic rings. The Balaban J connectivity index is 0.784. The lowest BCUT2D eigenvalue weighted by atomic mass is 9.86. The van der Waals surface area contributed by atoms with Crippen LogP contribution in [0.2, 0.25) is 0 Å². The van der Waals surface area contributed by atoms with E-state index >= 15 is 8.78 Å². The third-order valence-electron chi connectivity index (χ3n) is 12.7. The van der Waals surface area contributed by atoms with Gasteiger partial charge in [-0.15, -0.1) is 0 Å². The van der Waals surface area contributed by atoms with E-state index in [9.17, 15) is 34.5 Å². The van der Waals surface area contributed by atoms with Crippen LogP contribution >= 0.6 is 0 Å². The number of fused-ring (bicyclic) bond motifs is 1. The summed E-state index contributed by atoms with van der Waals surface area (Å²) in [6.45, 7) is 2.14. The molecule has 0 unspecified atom stereocenters. The van der Waals surface area contributed by atoms with Gasteiger partial charge in [0.05, 0.1) is 23.8 Å². The number of piperidine rings is 1. The van der Waals surface area contributed by atoms with E-state index in [-0.39, 0.29) is 66.4 Å². The zero-order chi connectivity index (χ0) is 47.8. The number of phenolic OH excluding ortho intramolecular Hbond substituents is 1. The molecule has 2 heterocycles. The first-order valence-electron chi connectivity index (χ1n) is 22.6. The number of halogens is 2. The first-order chi connectivity index (χ1) is 32.8. The number of aliphatic hydroxyl groups is 2. The summed E-state index contributed by atoms with van der Waals surface area (Å²) < 4.78 is 41.9. The fourth-order valence-corrected chi connectivity index (χ4v) is 8.78. The fraction of sp³-hybridized carbons (Fsp3) is 0.308. The van der Waals surface area contributed by atoms with Crippen LogP contribution in [-0.4, -0.2) is 87.9 Å². The molecule has 1 aliphatic heterocycles. The average molecular weight is 930 g/mol. The van der Waals surface area contributed by atoms with Gasteiger partial charge in [-0.05, 0) is 91.7 Å². The number of nitrogens with one attached hydrogen (secondary N) is 4. The minimum Gasteiger partial charge on any atom is -0.506 e. The lowest BCUT2D eigenvalue weighted by Crippen LogP contribution is -2.54. The van der Waals surface area contributed by atoms with Crippen LogP contribution in [0.3, 0.4) is 0 Å². The van der Waals surface area contributed by atoms with Crippen LogP contribution in [-0.2, 0) is 33.0 Å². The summed E-state index contributed by atoms with van der Waals surface area (Å²) in [5.41, 5.74) is -0.791. The van der Waals surface area contributed by atoms with Gasteiger partial charge < -0.3 is 45.7 Å². The van der Waals surface area contributed by atoms with Crippen molar-refractivity contribution < 1.29 is 48.0 Å². The summed E-state index contributed by atoms with van der Waals surface area (Å²) >= 11 is 0. The number of aromatic amines is 1. The predicted octanol–water partition coefficient (Wildman–Crippen LogP) is 5.48. The van der Waals surface area contributed by atoms with E-state index in [1.54, 1.807) is 48.5 Å². The highest BCUT2D eigenvalue weighted by Gasteiger charge is 2.42. The van der Waals surface area contributed by atoms with Gasteiger partial charge in [-0.3, -0.25) is 19.3 Å². The number of carbonyl (C=O) groups excluding carboxylic acids is 3. The Morgan fingerprint density at radius 1 is 0.824 bits per heavy atom. The number of carbonyl (C=O) groups is 3. The number of amides is 2. The molecule has 16 heteroatoms. The molecule has 1 aliphatic carbocycles. The van der Waals surface area contributed by atoms with Crippen LogP contribution in [0.5, 0.6) is 11.5 Å². The maximum absolute atomic E-state index is 15.2. The molecule has 8 rings (SSSR count). The van der Waals surface area contributed by atoms with Gasteiger partial charge in [0.25, 0.3) is 11.8 Å². The number of likely N-dealkylation sites (tertiary alicyclic amines) is 1. The Morgan fingerprint density at radius 3 is 2.28 bits per heavy atom. The summed E-state index contributed by atoms with van der Waals surface area (Å²) in [5, 5.41) is 41.8. The molecule has 2 aliphatic rings. The zero-order valence-electron chi connectivity index (χ0n) is 37.1. The molecule has 2 amide bonds. The molecule has 68 heavy (non-hydrogen) atoms. The maximum Gasteiger partial charge on any atom is 0.347 e. The van der Waals surface area contributed by atoms with Crippen molar-refractivity contribution in [3.05, 3.63) is 177 Å². The maximum atomic E-state index is 15.2. The van der Waals surface area contributed by atoms with Gasteiger partial charge in [0.15, 0.2) is 18.2 Å². The number of rotatable bonds is 18. The molecule has 2 atom stereocenters. The quantitative estimate of drug-likeness (QED) is 0.0538. The van der Waals surface area contributed by atoms with Crippen molar-refractivity contribution in [1.29, 1.82) is 0 Å². The number of H-pyrrole nitrogens is 1. The molecule has 1 saturated carbocycles. The first kappa shape index (κ1) is 47.5. The molecular weight excluding hydrogens is 877 g/mol. The van der Waals surface area contributed by atoms with Crippen molar-refractivity contribution in [2.75, 3.05) is 32.8 Å². The molecule has 1 saturated heterocycles. The van der Waals surface area contributed by atoms with Gasteiger partial charge in [-0.1, -0.05) is 84.9 Å². The Bertz CT molecular complexity index is 2800. The van der Waals surface area contributed by atoms with Gasteiger partial charge in [0, 0.05) is 54.3 Å². The first-order valence-corrected chi connectivity index (χ1v) is 22.6. The summed E-state index contributed by atoms with van der Waals surface area (Å²) in [6, 6.07) is 32.4. The number of nitrogens with zero attached hydrogens (tertiary/aromatic N) is 1. The molecular formula is C52H53F2N5O9. The number of aromatic nitrogens is 1. The number of aromatic hydroxyl groups is 1. The van der Waals surface area contributed by atoms with Crippen LogP contribution in [0.4, 0.5) is 8.78 Å². The van der Waals surface area contributed by atoms with Crippen molar-refractivity contribution in [1.82, 2.24) is 25.8 Å². The number of esters is 1. The third kappa shape index (κ3) is 11.1. The normalized spacial score (nSPS) is 17.6. The number of phenols is 1. The van der Waals surface area contributed by atoms with Crippen molar-refractivity contribution in [3.8, 4) is 11.5 Å². The molecule has 354 valence electrons. The molecule has 14 nitrogen and oxygen atoms in total. The number of ether oxygens (including phenoxy) is 2. The zero-order valence-corrected chi connectivity index (χ0v) is 37.1. The molecule has 0 bridgehead atoms. The van der Waals surface area contributed by atoms with Crippen LogP contribution in [0.25, 0.3) is 10.9 Å². The number of benzene rings is 5. The second-order valence-corrected chi connectivity index (χ2v) is 17.4. The van der Waals surface area contributed by atoms with Crippen molar-refractivity contribution in [2.45, 2.75) is 62.6 Å². The van der Waals surface area contributed by atoms with Crippen molar-refractivity contribution in [2.24, 2.45) is 5.92 Å². The predicted molar refractivity (Wildman–Crippen MR) is 248 cm³/mol. The molecule has 5 aromatic carbocycles. The van der Waals surface area contributed by atoms with E-state index in [1.807, 2.05) is 18.2 Å². The second-order valence-electron chi connectivity index (χ2n) is 17.4. The molecule has 7 N–H and O–H groups in total. The van der Waals surface area contributed by atoms with Crippen LogP contribution < -0.4 is 26.2 Å². The Morgan fingerprint density at radius 2 is 1.53 bits per heavy atom. The Hall–Kier alpha value is -6.98. The van der Waals surface area contributed by atoms with Gasteiger partial charge in [-0.2, -0.15) is 0 Å². The highest BCUT2D eigenvalue weighted by atomic mass is 19.2. The van der Waals surface area contributed by atoms with Gasteiger partial charge in [0.2, 0.25) is 11.2 Å². The van der Waals surface area contributed by atoms with E-state index in [2.05, 4.69) is 38.0 Å². The lowest BCUT2D eigenvalue weighted by molar-refractivity contribution is -0.164. The molecule has 0 radical (unpaired) electrons. The van der Waals surface area contributed by atoms with E-state index in [0.29, 0.717) is 29.4 Å². The van der Waals surface area contributed by atoms with Crippen LogP contribution in [0.15, 0.2) is 126 Å². The molecule has 1 aromatic heterocycles. The highest BCUT2D eigenvalue weighted by molar-refractivity contribution is 5.95. The number of pyridine rings is 1. The van der Waals surface area contributed by atoms with E-state index in [0.717, 1.165) is 32.5 Å². The third-order valence-corrected chi connectivity index (χ3v) is 12.7. The lowest BCUT2D eigenvalue weighted by Gasteiger charge is -2.36. The minimum absolute atomic E-state index is 0.0715. The van der Waals surface area contributed by atoms with E-state index in [1.165, 1.54) is 48.0 Å². The van der Waals surface area contributed by atoms with Crippen LogP contribution in [0, 0.1) is 17.6 Å². The fourth-order valence-electron chi connectivity index (χ4n) is 8.78. The monoisotopic (exact) mass is 929 g/mol. The van der Waals surface area contributed by atoms with Gasteiger partial charge >= 0.3 is 5.97 Å². The smallest absolute Gasteiger partial charge is 0.347 e. The second kappa shape index (κ2) is 21.3. The Labute approximate surface area is 390 Å². The summed E-state index contributed by atoms with van der Waals surface area (Å²) in [5.74, 6) is -4.40. The summed E-state index contributed by atoms with van der Waals surface area (Å²) in [4.78, 5) is 56.4. The minimum atomic E-state index is -2.15. The summed E-state index contributed by atoms with van der Waals surface area (Å²) in [7, 11) is 0. The number of hydrogen-bond acceptors (Lipinski definition) is 11. The average Bonchev–Trinajstić information content (AvgIpc) is 3.34. The Kier molecular flexibility index (Phi) is 14.9. The van der Waals surface area contributed by atoms with Gasteiger partial charge in [-0.25, -0.2) is 13.6 Å². The van der Waals surface area contributed by atoms with E-state index in [4.69, 9.17) is 9.47 Å². The van der Waals surface area contributed by atoms with E-state index < -0.39 is 58.3 Å². The van der Waals surface area contributed by atoms with Crippen molar-refractivity contribution in [3.63, 3.8) is 0 Å².